The number of benzene rings is 1. The number of nitrogens with one attached hydrogen (secondary N) is 1. The molecule has 1 unspecified atom stereocenters. The molecular weight excluding hydrogens is 565 g/mol. The average Bonchev–Trinajstić information content (AvgIpc) is 3.69. The monoisotopic (exact) mass is 622 g/mol. The first-order chi connectivity index (χ1) is 21.4. The Hall–Kier alpha value is -3.35. The lowest BCUT2D eigenvalue weighted by Gasteiger charge is -2.11. The molecule has 244 valence electrons. The summed E-state index contributed by atoms with van der Waals surface area (Å²) in [5.41, 5.74) is 17.5. The Kier molecular flexibility index (Phi) is 28.9. The van der Waals surface area contributed by atoms with Gasteiger partial charge in [0.1, 0.15) is 0 Å². The van der Waals surface area contributed by atoms with Crippen LogP contribution >= 0.6 is 11.8 Å². The first-order valence-corrected chi connectivity index (χ1v) is 16.2. The van der Waals surface area contributed by atoms with Crippen LogP contribution in [0.2, 0.25) is 0 Å². The molecule has 0 bridgehead atoms. The molecule has 0 amide bonds. The van der Waals surface area contributed by atoms with E-state index >= 15 is 0 Å². The largest absolute Gasteiger partial charge is 0.399 e. The fraction of sp³-hybridized carbons (Fsp3) is 0.444. The number of nitrogens with zero attached hydrogens (tertiary/aromatic N) is 3. The van der Waals surface area contributed by atoms with Gasteiger partial charge in [-0.2, -0.15) is 0 Å². The van der Waals surface area contributed by atoms with Crippen LogP contribution in [-0.4, -0.2) is 62.6 Å². The summed E-state index contributed by atoms with van der Waals surface area (Å²) in [4.78, 5) is 7.90. The Morgan fingerprint density at radius 3 is 2.45 bits per heavy atom. The van der Waals surface area contributed by atoms with E-state index in [9.17, 15) is 0 Å². The van der Waals surface area contributed by atoms with Crippen LogP contribution in [0.3, 0.4) is 0 Å². The summed E-state index contributed by atoms with van der Waals surface area (Å²) in [5.74, 6) is 1.07. The Labute approximate surface area is 272 Å². The van der Waals surface area contributed by atoms with Gasteiger partial charge in [0.05, 0.1) is 13.2 Å². The van der Waals surface area contributed by atoms with Crippen LogP contribution in [0.5, 0.6) is 0 Å². The molecule has 1 aromatic heterocycles. The van der Waals surface area contributed by atoms with Crippen LogP contribution in [0.1, 0.15) is 52.0 Å². The summed E-state index contributed by atoms with van der Waals surface area (Å²) >= 11 is 1.80. The van der Waals surface area contributed by atoms with Crippen LogP contribution in [0.4, 0.5) is 0 Å². The Morgan fingerprint density at radius 2 is 1.91 bits per heavy atom. The minimum absolute atomic E-state index is 0.112. The third kappa shape index (κ3) is 19.8. The number of para-hydroxylation sites is 1. The first kappa shape index (κ1) is 42.8. The van der Waals surface area contributed by atoms with Crippen molar-refractivity contribution in [2.45, 2.75) is 59.0 Å². The SMILES string of the molecule is C#C.C=CCOC.C=NCc1cn(C)c2ccccc12.CC.CC1=C/CNCCCCCC(N)/C=C\1N.CN=C1C=CSC1. The standard InChI is InChI=1S/C12H23N3.C11H12N2.C5H7NS.C4H8O.C2H6.C2H2/c1-10-6-8-15-7-4-2-3-5-11(13)9-12(10)14;1-12-7-9-8-13(2)11-6-4-3-5-10(9)11;1-6-5-2-3-7-4-5;1-3-4-5-2;2*1-2/h6,9,11,15H,2-5,7-8,13-14H2,1H3;3-6,8H,1,7H2,2H3;2-3H,4H2,1H3;3H,1,4H2,2H3;1-2H3;1-2H/b10-6-,12-9+;;;;;. The number of methoxy groups -OCH3 is 1. The average molecular weight is 623 g/mol. The molecule has 4 rings (SSSR count). The van der Waals surface area contributed by atoms with Gasteiger partial charge in [-0.3, -0.25) is 9.98 Å². The van der Waals surface area contributed by atoms with Gasteiger partial charge in [-0.1, -0.05) is 57.0 Å². The predicted octanol–water partition coefficient (Wildman–Crippen LogP) is 7.06. The topological polar surface area (TPSA) is 103 Å². The summed E-state index contributed by atoms with van der Waals surface area (Å²) < 4.78 is 6.69. The molecule has 5 N–H and O–H groups in total. The van der Waals surface area contributed by atoms with Gasteiger partial charge in [0, 0.05) is 68.1 Å². The van der Waals surface area contributed by atoms with E-state index in [0.717, 1.165) is 36.5 Å². The summed E-state index contributed by atoms with van der Waals surface area (Å²) in [7, 11) is 5.52. The molecule has 7 nitrogen and oxygen atoms in total. The minimum Gasteiger partial charge on any atom is -0.399 e. The third-order valence-corrected chi connectivity index (χ3v) is 7.00. The molecule has 2 aromatic rings. The number of aromatic nitrogens is 1. The molecule has 8 heteroatoms. The lowest BCUT2D eigenvalue weighted by atomic mass is 10.1. The van der Waals surface area contributed by atoms with Gasteiger partial charge in [0.15, 0.2) is 0 Å². The molecule has 44 heavy (non-hydrogen) atoms. The second kappa shape index (κ2) is 29.7. The zero-order chi connectivity index (χ0) is 33.6. The highest BCUT2D eigenvalue weighted by Gasteiger charge is 2.04. The zero-order valence-electron chi connectivity index (χ0n) is 28.1. The molecule has 1 atom stereocenters. The van der Waals surface area contributed by atoms with Crippen molar-refractivity contribution in [3.8, 4) is 12.8 Å². The lowest BCUT2D eigenvalue weighted by molar-refractivity contribution is 0.234. The Bertz CT molecular complexity index is 1170. The maximum atomic E-state index is 5.97. The summed E-state index contributed by atoms with van der Waals surface area (Å²) in [5, 5.41) is 6.72. The Morgan fingerprint density at radius 1 is 1.20 bits per heavy atom. The normalized spacial score (nSPS) is 19.2. The zero-order valence-corrected chi connectivity index (χ0v) is 28.9. The maximum absolute atomic E-state index is 5.97. The van der Waals surface area contributed by atoms with Gasteiger partial charge in [0.25, 0.3) is 0 Å². The molecule has 0 spiro atoms. The molecule has 3 heterocycles. The van der Waals surface area contributed by atoms with E-state index in [4.69, 9.17) is 11.5 Å². The van der Waals surface area contributed by atoms with E-state index in [1.165, 1.54) is 41.4 Å². The van der Waals surface area contributed by atoms with E-state index in [1.807, 2.05) is 46.0 Å². The number of fused-ring (bicyclic) bond motifs is 1. The second-order valence-electron chi connectivity index (χ2n) is 9.46. The highest BCUT2D eigenvalue weighted by atomic mass is 32.2. The van der Waals surface area contributed by atoms with Crippen LogP contribution in [-0.2, 0) is 18.3 Å². The van der Waals surface area contributed by atoms with Gasteiger partial charge in [-0.05, 0) is 67.8 Å². The van der Waals surface area contributed by atoms with Gasteiger partial charge in [0.2, 0.25) is 0 Å². The molecule has 0 saturated carbocycles. The molecular formula is C36H58N6OS. The second-order valence-corrected chi connectivity index (χ2v) is 10.4. The van der Waals surface area contributed by atoms with Crippen molar-refractivity contribution in [3.05, 3.63) is 83.6 Å². The number of aryl methyl sites for hydroxylation is 1. The summed E-state index contributed by atoms with van der Waals surface area (Å²) in [6.07, 6.45) is 22.7. The number of hydrogen-bond donors (Lipinski definition) is 3. The van der Waals surface area contributed by atoms with Crippen molar-refractivity contribution in [3.63, 3.8) is 0 Å². The predicted molar refractivity (Wildman–Crippen MR) is 200 cm³/mol. The highest BCUT2D eigenvalue weighted by molar-refractivity contribution is 8.03. The Balaban J connectivity index is 0. The summed E-state index contributed by atoms with van der Waals surface area (Å²) in [6.45, 7) is 16.3. The van der Waals surface area contributed by atoms with Crippen molar-refractivity contribution in [1.29, 1.82) is 0 Å². The minimum atomic E-state index is 0.112. The number of allylic oxidation sites excluding steroid dienone is 2. The molecule has 0 fully saturated rings. The highest BCUT2D eigenvalue weighted by Crippen LogP contribution is 2.20. The number of hydrogen-bond acceptors (Lipinski definition) is 7. The van der Waals surface area contributed by atoms with Crippen LogP contribution in [0.25, 0.3) is 10.9 Å². The van der Waals surface area contributed by atoms with Crippen molar-refractivity contribution in [2.24, 2.45) is 28.5 Å². The number of ether oxygens (including phenoxy) is 1. The molecule has 0 radical (unpaired) electrons. The van der Waals surface area contributed by atoms with Crippen molar-refractivity contribution < 1.29 is 4.74 Å². The third-order valence-electron chi connectivity index (χ3n) is 6.21. The molecule has 2 aliphatic rings. The number of aliphatic imine (C=N–C) groups is 2. The van der Waals surface area contributed by atoms with Gasteiger partial charge in [-0.15, -0.1) is 31.2 Å². The molecule has 2 aliphatic heterocycles. The quantitative estimate of drug-likeness (QED) is 0.193. The van der Waals surface area contributed by atoms with Gasteiger partial charge in [-0.25, -0.2) is 0 Å². The summed E-state index contributed by atoms with van der Waals surface area (Å²) in [6, 6.07) is 8.45. The fourth-order valence-corrected chi connectivity index (χ4v) is 4.68. The van der Waals surface area contributed by atoms with Crippen molar-refractivity contribution in [1.82, 2.24) is 9.88 Å². The van der Waals surface area contributed by atoms with E-state index in [0.29, 0.717) is 13.2 Å². The van der Waals surface area contributed by atoms with Crippen LogP contribution in [0.15, 0.2) is 88.0 Å². The first-order valence-electron chi connectivity index (χ1n) is 15.1. The van der Waals surface area contributed by atoms with E-state index in [-0.39, 0.29) is 6.04 Å². The van der Waals surface area contributed by atoms with Crippen LogP contribution < -0.4 is 16.8 Å². The number of terminal acetylenes is 1. The van der Waals surface area contributed by atoms with Gasteiger partial charge >= 0.3 is 0 Å². The maximum Gasteiger partial charge on any atom is 0.0653 e. The number of thioether (sulfide) groups is 1. The molecule has 0 saturated heterocycles. The van der Waals surface area contributed by atoms with E-state index < -0.39 is 0 Å². The van der Waals surface area contributed by atoms with Crippen molar-refractivity contribution >= 4 is 35.1 Å². The van der Waals surface area contributed by atoms with Crippen LogP contribution in [0, 0.1) is 12.8 Å². The lowest BCUT2D eigenvalue weighted by Crippen LogP contribution is -2.21. The van der Waals surface area contributed by atoms with E-state index in [1.54, 1.807) is 24.9 Å². The number of nitrogens with two attached hydrogens (primary N) is 2. The van der Waals surface area contributed by atoms with Crippen molar-refractivity contribution in [2.75, 3.05) is 39.6 Å². The smallest absolute Gasteiger partial charge is 0.0653 e. The van der Waals surface area contributed by atoms with Gasteiger partial charge < -0.3 is 26.1 Å². The molecule has 0 aliphatic carbocycles. The number of rotatable bonds is 4. The molecule has 1 aromatic carbocycles. The fourth-order valence-electron chi connectivity index (χ4n) is 3.93. The van der Waals surface area contributed by atoms with E-state index in [2.05, 4.69) is 93.7 Å².